The number of likely N-dealkylation sites (N-methyl/N-ethyl adjacent to an activating group) is 1. The molecular weight excluding hydrogens is 216 g/mol. The van der Waals surface area contributed by atoms with E-state index in [1.165, 1.54) is 0 Å². The fraction of sp³-hybridized carbons (Fsp3) is 0.923. The molecule has 0 saturated heterocycles. The van der Waals surface area contributed by atoms with E-state index in [0.717, 1.165) is 25.8 Å². The summed E-state index contributed by atoms with van der Waals surface area (Å²) in [5, 5.41) is 15.1. The number of rotatable bonds is 9. The zero-order valence-corrected chi connectivity index (χ0v) is 11.7. The Morgan fingerprint density at radius 2 is 1.94 bits per heavy atom. The number of amides is 1. The summed E-state index contributed by atoms with van der Waals surface area (Å²) in [5.74, 6) is 0.407. The Morgan fingerprint density at radius 1 is 1.29 bits per heavy atom. The zero-order chi connectivity index (χ0) is 13.3. The van der Waals surface area contributed by atoms with Crippen molar-refractivity contribution in [3.63, 3.8) is 0 Å². The quantitative estimate of drug-likeness (QED) is 0.573. The van der Waals surface area contributed by atoms with Crippen LogP contribution in [0.15, 0.2) is 0 Å². The molecule has 0 bridgehead atoms. The number of aliphatic hydroxyl groups excluding tert-OH is 1. The van der Waals surface area contributed by atoms with Crippen molar-refractivity contribution in [2.45, 2.75) is 52.5 Å². The van der Waals surface area contributed by atoms with Crippen LogP contribution in [-0.2, 0) is 4.79 Å². The normalized spacial score (nSPS) is 13.5. The third-order valence-corrected chi connectivity index (χ3v) is 2.97. The zero-order valence-electron chi connectivity index (χ0n) is 11.7. The maximum atomic E-state index is 11.9. The number of carbonyl (C=O) groups is 1. The van der Waals surface area contributed by atoms with Crippen LogP contribution in [0.2, 0.25) is 0 Å². The molecule has 0 aromatic carbocycles. The second kappa shape index (κ2) is 8.48. The predicted molar refractivity (Wildman–Crippen MR) is 70.9 cm³/mol. The van der Waals surface area contributed by atoms with Gasteiger partial charge < -0.3 is 15.7 Å². The highest BCUT2D eigenvalue weighted by molar-refractivity contribution is 5.85. The minimum atomic E-state index is -0.523. The smallest absolute Gasteiger partial charge is 0.239 e. The highest BCUT2D eigenvalue weighted by Crippen LogP contribution is 2.10. The van der Waals surface area contributed by atoms with E-state index in [0.29, 0.717) is 12.5 Å². The molecule has 4 nitrogen and oxygen atoms in total. The molecule has 0 aromatic rings. The van der Waals surface area contributed by atoms with Crippen molar-refractivity contribution in [1.82, 2.24) is 10.6 Å². The van der Waals surface area contributed by atoms with Gasteiger partial charge in [-0.25, -0.2) is 0 Å². The van der Waals surface area contributed by atoms with E-state index in [4.69, 9.17) is 5.11 Å². The van der Waals surface area contributed by atoms with Crippen LogP contribution in [0.1, 0.15) is 47.0 Å². The standard InChI is InChI=1S/C13H28N2O2/c1-5-7-11(8-9-16)10-14-12(17)13(3,4)15-6-2/h11,15-16H,5-10H2,1-4H3,(H,14,17). The summed E-state index contributed by atoms with van der Waals surface area (Å²) in [7, 11) is 0. The van der Waals surface area contributed by atoms with E-state index >= 15 is 0 Å². The number of carbonyl (C=O) groups excluding carboxylic acids is 1. The largest absolute Gasteiger partial charge is 0.396 e. The molecule has 1 amide bonds. The van der Waals surface area contributed by atoms with Crippen molar-refractivity contribution in [2.75, 3.05) is 19.7 Å². The van der Waals surface area contributed by atoms with E-state index in [1.54, 1.807) is 0 Å². The molecule has 0 radical (unpaired) electrons. The molecule has 1 unspecified atom stereocenters. The first-order valence-corrected chi connectivity index (χ1v) is 6.62. The van der Waals surface area contributed by atoms with Crippen LogP contribution >= 0.6 is 0 Å². The molecule has 0 fully saturated rings. The number of hydrogen-bond donors (Lipinski definition) is 3. The molecule has 3 N–H and O–H groups in total. The molecule has 0 rings (SSSR count). The van der Waals surface area contributed by atoms with E-state index in [1.807, 2.05) is 20.8 Å². The summed E-state index contributed by atoms with van der Waals surface area (Å²) in [6.45, 7) is 9.49. The van der Waals surface area contributed by atoms with Gasteiger partial charge in [-0.1, -0.05) is 20.3 Å². The first kappa shape index (κ1) is 16.4. The van der Waals surface area contributed by atoms with Crippen molar-refractivity contribution in [1.29, 1.82) is 0 Å². The molecule has 0 aliphatic heterocycles. The number of nitrogens with one attached hydrogen (secondary N) is 2. The van der Waals surface area contributed by atoms with Crippen LogP contribution in [0.5, 0.6) is 0 Å². The number of aliphatic hydroxyl groups is 1. The van der Waals surface area contributed by atoms with Crippen molar-refractivity contribution in [3.05, 3.63) is 0 Å². The highest BCUT2D eigenvalue weighted by Gasteiger charge is 2.26. The maximum absolute atomic E-state index is 11.9. The fourth-order valence-corrected chi connectivity index (χ4v) is 1.92. The second-order valence-corrected chi connectivity index (χ2v) is 5.03. The fourth-order valence-electron chi connectivity index (χ4n) is 1.92. The summed E-state index contributed by atoms with van der Waals surface area (Å²) in [6.07, 6.45) is 2.88. The molecule has 17 heavy (non-hydrogen) atoms. The van der Waals surface area contributed by atoms with Gasteiger partial charge in [-0.2, -0.15) is 0 Å². The van der Waals surface area contributed by atoms with E-state index in [9.17, 15) is 4.79 Å². The van der Waals surface area contributed by atoms with E-state index < -0.39 is 5.54 Å². The summed E-state index contributed by atoms with van der Waals surface area (Å²) < 4.78 is 0. The average molecular weight is 244 g/mol. The monoisotopic (exact) mass is 244 g/mol. The third-order valence-electron chi connectivity index (χ3n) is 2.97. The highest BCUT2D eigenvalue weighted by atomic mass is 16.3. The van der Waals surface area contributed by atoms with Gasteiger partial charge in [0.1, 0.15) is 0 Å². The Labute approximate surface area is 105 Å². The van der Waals surface area contributed by atoms with Crippen LogP contribution in [0.25, 0.3) is 0 Å². The summed E-state index contributed by atoms with van der Waals surface area (Å²) in [6, 6.07) is 0. The SMILES string of the molecule is CCCC(CCO)CNC(=O)C(C)(C)NCC. The predicted octanol–water partition coefficient (Wildman–Crippen LogP) is 1.29. The molecule has 0 spiro atoms. The lowest BCUT2D eigenvalue weighted by molar-refractivity contribution is -0.126. The van der Waals surface area contributed by atoms with E-state index in [2.05, 4.69) is 17.6 Å². The number of hydrogen-bond acceptors (Lipinski definition) is 3. The first-order valence-electron chi connectivity index (χ1n) is 6.62. The van der Waals surface area contributed by atoms with Gasteiger partial charge in [0.15, 0.2) is 0 Å². The molecule has 0 aromatic heterocycles. The molecule has 0 aliphatic rings. The van der Waals surface area contributed by atoms with Gasteiger partial charge in [0.05, 0.1) is 5.54 Å². The lowest BCUT2D eigenvalue weighted by Crippen LogP contribution is -2.53. The molecule has 0 aliphatic carbocycles. The molecule has 0 heterocycles. The third kappa shape index (κ3) is 6.64. The van der Waals surface area contributed by atoms with Crippen LogP contribution in [-0.4, -0.2) is 36.2 Å². The molecule has 102 valence electrons. The van der Waals surface area contributed by atoms with Gasteiger partial charge in [-0.05, 0) is 39.2 Å². The summed E-state index contributed by atoms with van der Waals surface area (Å²) in [5.41, 5.74) is -0.523. The maximum Gasteiger partial charge on any atom is 0.239 e. The Kier molecular flexibility index (Phi) is 8.17. The van der Waals surface area contributed by atoms with Crippen LogP contribution in [0.3, 0.4) is 0 Å². The lowest BCUT2D eigenvalue weighted by atomic mass is 9.99. The Balaban J connectivity index is 4.10. The molecule has 0 saturated carbocycles. The van der Waals surface area contributed by atoms with E-state index in [-0.39, 0.29) is 12.5 Å². The van der Waals surface area contributed by atoms with Crippen LogP contribution in [0, 0.1) is 5.92 Å². The Hall–Kier alpha value is -0.610. The topological polar surface area (TPSA) is 61.4 Å². The van der Waals surface area contributed by atoms with Gasteiger partial charge in [0.25, 0.3) is 0 Å². The van der Waals surface area contributed by atoms with Crippen LogP contribution < -0.4 is 10.6 Å². The minimum absolute atomic E-state index is 0.0263. The van der Waals surface area contributed by atoms with Crippen LogP contribution in [0.4, 0.5) is 0 Å². The summed E-state index contributed by atoms with van der Waals surface area (Å²) in [4.78, 5) is 11.9. The molecule has 4 heteroatoms. The molecular formula is C13H28N2O2. The van der Waals surface area contributed by atoms with Crippen molar-refractivity contribution in [3.8, 4) is 0 Å². The van der Waals surface area contributed by atoms with Crippen molar-refractivity contribution < 1.29 is 9.90 Å². The van der Waals surface area contributed by atoms with Gasteiger partial charge >= 0.3 is 0 Å². The van der Waals surface area contributed by atoms with Gasteiger partial charge in [0.2, 0.25) is 5.91 Å². The Morgan fingerprint density at radius 3 is 2.41 bits per heavy atom. The average Bonchev–Trinajstić information content (AvgIpc) is 2.26. The van der Waals surface area contributed by atoms with Gasteiger partial charge in [0, 0.05) is 13.2 Å². The Bertz CT molecular complexity index is 211. The minimum Gasteiger partial charge on any atom is -0.396 e. The lowest BCUT2D eigenvalue weighted by Gasteiger charge is -2.26. The summed E-state index contributed by atoms with van der Waals surface area (Å²) >= 11 is 0. The molecule has 1 atom stereocenters. The van der Waals surface area contributed by atoms with Gasteiger partial charge in [-0.15, -0.1) is 0 Å². The second-order valence-electron chi connectivity index (χ2n) is 5.03. The van der Waals surface area contributed by atoms with Gasteiger partial charge in [-0.3, -0.25) is 4.79 Å². The van der Waals surface area contributed by atoms with Crippen molar-refractivity contribution in [2.24, 2.45) is 5.92 Å². The van der Waals surface area contributed by atoms with Crippen molar-refractivity contribution >= 4 is 5.91 Å². The first-order chi connectivity index (χ1) is 7.97.